The zero-order chi connectivity index (χ0) is 20.4. The van der Waals surface area contributed by atoms with Gasteiger partial charge in [-0.15, -0.1) is 11.3 Å². The van der Waals surface area contributed by atoms with E-state index in [2.05, 4.69) is 39.9 Å². The lowest BCUT2D eigenvalue weighted by molar-refractivity contribution is -0.117. The van der Waals surface area contributed by atoms with Crippen molar-refractivity contribution in [3.05, 3.63) is 74.6 Å². The maximum atomic E-state index is 12.9. The summed E-state index contributed by atoms with van der Waals surface area (Å²) in [5.74, 6) is 0.525. The number of fused-ring (bicyclic) bond motifs is 1. The SMILES string of the molecule is Cc1c(C#N)c(NC(=O)CN2CCc3sccc3C2)n(Cc2ccccc2)c1C. The molecular formula is C23H24N4OS. The number of nitrogens with one attached hydrogen (secondary N) is 1. The fourth-order valence-corrected chi connectivity index (χ4v) is 4.80. The lowest BCUT2D eigenvalue weighted by atomic mass is 10.1. The summed E-state index contributed by atoms with van der Waals surface area (Å²) in [7, 11) is 0. The first-order chi connectivity index (χ1) is 14.1. The smallest absolute Gasteiger partial charge is 0.239 e. The molecule has 0 spiro atoms. The van der Waals surface area contributed by atoms with E-state index in [0.29, 0.717) is 24.5 Å². The molecule has 0 saturated carbocycles. The zero-order valence-corrected chi connectivity index (χ0v) is 17.6. The molecule has 0 atom stereocenters. The van der Waals surface area contributed by atoms with Gasteiger partial charge in [-0.1, -0.05) is 30.3 Å². The molecule has 0 fully saturated rings. The number of amides is 1. The van der Waals surface area contributed by atoms with Crippen molar-refractivity contribution in [1.29, 1.82) is 5.26 Å². The van der Waals surface area contributed by atoms with Crippen LogP contribution in [0, 0.1) is 25.2 Å². The first kappa shape index (κ1) is 19.4. The summed E-state index contributed by atoms with van der Waals surface area (Å²) < 4.78 is 2.04. The van der Waals surface area contributed by atoms with Gasteiger partial charge in [0, 0.05) is 30.2 Å². The number of carbonyl (C=O) groups excluding carboxylic acids is 1. The van der Waals surface area contributed by atoms with E-state index < -0.39 is 0 Å². The molecule has 1 aliphatic heterocycles. The molecule has 6 heteroatoms. The highest BCUT2D eigenvalue weighted by atomic mass is 32.1. The van der Waals surface area contributed by atoms with Crippen molar-refractivity contribution in [2.45, 2.75) is 33.4 Å². The van der Waals surface area contributed by atoms with E-state index in [1.54, 1.807) is 11.3 Å². The molecule has 2 aromatic heterocycles. The number of rotatable bonds is 5. The summed E-state index contributed by atoms with van der Waals surface area (Å²) in [5, 5.41) is 14.9. The molecule has 1 N–H and O–H groups in total. The zero-order valence-electron chi connectivity index (χ0n) is 16.7. The van der Waals surface area contributed by atoms with Gasteiger partial charge in [-0.05, 0) is 48.4 Å². The van der Waals surface area contributed by atoms with Gasteiger partial charge in [0.2, 0.25) is 5.91 Å². The first-order valence-corrected chi connectivity index (χ1v) is 10.7. The maximum Gasteiger partial charge on any atom is 0.239 e. The fraction of sp³-hybridized carbons (Fsp3) is 0.304. The van der Waals surface area contributed by atoms with Crippen molar-refractivity contribution in [1.82, 2.24) is 9.47 Å². The highest BCUT2D eigenvalue weighted by molar-refractivity contribution is 7.10. The maximum absolute atomic E-state index is 12.9. The number of benzene rings is 1. The average molecular weight is 405 g/mol. The molecule has 4 rings (SSSR count). The van der Waals surface area contributed by atoms with Crippen LogP contribution in [0.1, 0.15) is 32.8 Å². The van der Waals surface area contributed by atoms with Gasteiger partial charge in [0.1, 0.15) is 11.9 Å². The number of hydrogen-bond donors (Lipinski definition) is 1. The highest BCUT2D eigenvalue weighted by Gasteiger charge is 2.23. The lowest BCUT2D eigenvalue weighted by Crippen LogP contribution is -2.37. The molecule has 1 amide bonds. The van der Waals surface area contributed by atoms with Crippen molar-refractivity contribution in [3.8, 4) is 6.07 Å². The van der Waals surface area contributed by atoms with E-state index >= 15 is 0 Å². The van der Waals surface area contributed by atoms with Crippen LogP contribution in [0.5, 0.6) is 0 Å². The van der Waals surface area contributed by atoms with Gasteiger partial charge in [-0.25, -0.2) is 0 Å². The summed E-state index contributed by atoms with van der Waals surface area (Å²) in [6.07, 6.45) is 0.992. The van der Waals surface area contributed by atoms with Crippen molar-refractivity contribution in [2.75, 3.05) is 18.4 Å². The average Bonchev–Trinajstić information content (AvgIpc) is 3.27. The van der Waals surface area contributed by atoms with Gasteiger partial charge in [0.15, 0.2) is 0 Å². The fourth-order valence-electron chi connectivity index (χ4n) is 3.91. The lowest BCUT2D eigenvalue weighted by Gasteiger charge is -2.26. The van der Waals surface area contributed by atoms with Crippen LogP contribution in [0.15, 0.2) is 41.8 Å². The number of anilines is 1. The van der Waals surface area contributed by atoms with E-state index in [0.717, 1.165) is 36.3 Å². The van der Waals surface area contributed by atoms with Crippen LogP contribution in [0.4, 0.5) is 5.82 Å². The minimum Gasteiger partial charge on any atom is -0.326 e. The third kappa shape index (κ3) is 3.98. The predicted molar refractivity (Wildman–Crippen MR) is 116 cm³/mol. The first-order valence-electron chi connectivity index (χ1n) is 9.78. The Morgan fingerprint density at radius 1 is 1.24 bits per heavy atom. The van der Waals surface area contributed by atoms with Gasteiger partial charge in [0.25, 0.3) is 0 Å². The van der Waals surface area contributed by atoms with Gasteiger partial charge in [-0.2, -0.15) is 5.26 Å². The molecule has 29 heavy (non-hydrogen) atoms. The molecular weight excluding hydrogens is 380 g/mol. The number of thiophene rings is 1. The number of aromatic nitrogens is 1. The number of nitrogens with zero attached hydrogens (tertiary/aromatic N) is 3. The quantitative estimate of drug-likeness (QED) is 0.697. The van der Waals surface area contributed by atoms with E-state index in [9.17, 15) is 10.1 Å². The largest absolute Gasteiger partial charge is 0.326 e. The molecule has 5 nitrogen and oxygen atoms in total. The van der Waals surface area contributed by atoms with Crippen molar-refractivity contribution >= 4 is 23.1 Å². The molecule has 0 bridgehead atoms. The van der Waals surface area contributed by atoms with Crippen molar-refractivity contribution in [3.63, 3.8) is 0 Å². The van der Waals surface area contributed by atoms with Crippen molar-refractivity contribution < 1.29 is 4.79 Å². The molecule has 148 valence electrons. The third-order valence-corrected chi connectivity index (χ3v) is 6.66. The molecule has 0 saturated heterocycles. The van der Waals surface area contributed by atoms with Gasteiger partial charge in [-0.3, -0.25) is 9.69 Å². The molecule has 3 heterocycles. The van der Waals surface area contributed by atoms with Crippen LogP contribution < -0.4 is 5.32 Å². The normalized spacial score (nSPS) is 13.7. The summed E-state index contributed by atoms with van der Waals surface area (Å²) in [5.41, 5.74) is 4.92. The highest BCUT2D eigenvalue weighted by Crippen LogP contribution is 2.28. The molecule has 1 aromatic carbocycles. The van der Waals surface area contributed by atoms with Crippen LogP contribution >= 0.6 is 11.3 Å². The molecule has 0 aliphatic carbocycles. The second-order valence-corrected chi connectivity index (χ2v) is 8.50. The Bertz CT molecular complexity index is 1070. The number of hydrogen-bond acceptors (Lipinski definition) is 4. The van der Waals surface area contributed by atoms with Crippen LogP contribution in [0.2, 0.25) is 0 Å². The van der Waals surface area contributed by atoms with E-state index in [1.807, 2.05) is 36.6 Å². The van der Waals surface area contributed by atoms with Crippen molar-refractivity contribution in [2.24, 2.45) is 0 Å². The standard InChI is InChI=1S/C23H24N4OS/c1-16-17(2)27(13-18-6-4-3-5-7-18)23(20(16)12-24)25-22(28)15-26-10-8-21-19(14-26)9-11-29-21/h3-7,9,11H,8,10,13-15H2,1-2H3,(H,25,28). The number of nitriles is 1. The molecule has 1 aliphatic rings. The molecule has 0 unspecified atom stereocenters. The monoisotopic (exact) mass is 404 g/mol. The predicted octanol–water partition coefficient (Wildman–Crippen LogP) is 4.08. The van der Waals surface area contributed by atoms with Crippen LogP contribution in [0.3, 0.4) is 0 Å². The Balaban J connectivity index is 1.54. The van der Waals surface area contributed by atoms with Gasteiger partial charge >= 0.3 is 0 Å². The molecule has 0 radical (unpaired) electrons. The van der Waals surface area contributed by atoms with Gasteiger partial charge in [0.05, 0.1) is 12.1 Å². The van der Waals surface area contributed by atoms with Gasteiger partial charge < -0.3 is 9.88 Å². The summed E-state index contributed by atoms with van der Waals surface area (Å²) in [6, 6.07) is 14.5. The second-order valence-electron chi connectivity index (χ2n) is 7.50. The van der Waals surface area contributed by atoms with E-state index in [4.69, 9.17) is 0 Å². The topological polar surface area (TPSA) is 61.1 Å². The Morgan fingerprint density at radius 3 is 2.79 bits per heavy atom. The van der Waals surface area contributed by atoms with E-state index in [1.165, 1.54) is 10.4 Å². The summed E-state index contributed by atoms with van der Waals surface area (Å²) in [6.45, 7) is 6.57. The minimum atomic E-state index is -0.0769. The van der Waals surface area contributed by atoms with E-state index in [-0.39, 0.29) is 5.91 Å². The summed E-state index contributed by atoms with van der Waals surface area (Å²) in [4.78, 5) is 16.4. The summed E-state index contributed by atoms with van der Waals surface area (Å²) >= 11 is 1.79. The minimum absolute atomic E-state index is 0.0769. The Labute approximate surface area is 175 Å². The third-order valence-electron chi connectivity index (χ3n) is 5.64. The second kappa shape index (κ2) is 8.24. The van der Waals surface area contributed by atoms with Crippen LogP contribution in [-0.2, 0) is 24.3 Å². The van der Waals surface area contributed by atoms with Crippen LogP contribution in [0.25, 0.3) is 0 Å². The number of carbonyl (C=O) groups is 1. The Hall–Kier alpha value is -2.88. The molecule has 3 aromatic rings. The Morgan fingerprint density at radius 2 is 2.03 bits per heavy atom. The van der Waals surface area contributed by atoms with Crippen LogP contribution in [-0.4, -0.2) is 28.5 Å². The Kier molecular flexibility index (Phi) is 5.52.